The molecule has 16 aromatic rings. The minimum atomic E-state index is -0.633. The number of rotatable bonds is 6. The van der Waals surface area contributed by atoms with Crippen molar-refractivity contribution >= 4 is 160 Å². The van der Waals surface area contributed by atoms with Crippen LogP contribution in [-0.4, -0.2) is 0 Å². The van der Waals surface area contributed by atoms with Crippen molar-refractivity contribution in [3.63, 3.8) is 0 Å². The maximum atomic E-state index is 2.62. The quantitative estimate of drug-likeness (QED) is 0.164. The van der Waals surface area contributed by atoms with Crippen LogP contribution in [0.3, 0.4) is 0 Å². The topological polar surface area (TPSA) is 6.48 Å². The Morgan fingerprint density at radius 3 is 0.911 bits per heavy atom. The molecule has 368 valence electrons. The maximum absolute atomic E-state index is 2.62. The fraction of sp³-hybridized carbons (Fsp3) is 0.0137. The van der Waals surface area contributed by atoms with Crippen LogP contribution >= 0.6 is 45.3 Å². The van der Waals surface area contributed by atoms with Crippen LogP contribution in [0.5, 0.6) is 0 Å². The van der Waals surface area contributed by atoms with Crippen molar-refractivity contribution in [1.82, 2.24) is 0 Å². The molecule has 2 aliphatic carbocycles. The first-order valence-electron chi connectivity index (χ1n) is 26.9. The van der Waals surface area contributed by atoms with Gasteiger partial charge in [-0.1, -0.05) is 170 Å². The number of thiophene rings is 4. The van der Waals surface area contributed by atoms with E-state index in [1.165, 1.54) is 125 Å². The van der Waals surface area contributed by atoms with Gasteiger partial charge >= 0.3 is 0 Å². The molecule has 6 heteroatoms. The summed E-state index contributed by atoms with van der Waals surface area (Å²) in [5, 5.41) is 10.3. The first kappa shape index (κ1) is 44.1. The summed E-state index contributed by atoms with van der Waals surface area (Å²) in [5.41, 5.74) is 16.4. The Morgan fingerprint density at radius 2 is 0.532 bits per heavy atom. The monoisotopic (exact) mass is 1070 g/mol. The van der Waals surface area contributed by atoms with Crippen molar-refractivity contribution in [1.29, 1.82) is 0 Å². The molecule has 0 atom stereocenters. The van der Waals surface area contributed by atoms with Crippen molar-refractivity contribution in [3.05, 3.63) is 277 Å². The zero-order valence-electron chi connectivity index (χ0n) is 42.3. The number of anilines is 6. The third-order valence-electron chi connectivity index (χ3n) is 17.0. The summed E-state index contributed by atoms with van der Waals surface area (Å²) >= 11 is 7.51. The van der Waals surface area contributed by atoms with Gasteiger partial charge < -0.3 is 9.80 Å². The molecule has 0 amide bonds. The van der Waals surface area contributed by atoms with Crippen LogP contribution < -0.4 is 9.80 Å². The summed E-state index contributed by atoms with van der Waals surface area (Å²) in [7, 11) is 0. The molecule has 0 saturated carbocycles. The summed E-state index contributed by atoms with van der Waals surface area (Å²) in [6.07, 6.45) is 0. The highest BCUT2D eigenvalue weighted by Crippen LogP contribution is 2.66. The Morgan fingerprint density at radius 1 is 0.228 bits per heavy atom. The summed E-state index contributed by atoms with van der Waals surface area (Å²) in [6.45, 7) is 0. The van der Waals surface area contributed by atoms with Gasteiger partial charge in [-0.2, -0.15) is 0 Å². The minimum absolute atomic E-state index is 0.633. The fourth-order valence-corrected chi connectivity index (χ4v) is 18.3. The van der Waals surface area contributed by atoms with E-state index < -0.39 is 5.41 Å². The Labute approximate surface area is 471 Å². The molecule has 4 aromatic heterocycles. The average molecular weight is 1080 g/mol. The lowest BCUT2D eigenvalue weighted by Crippen LogP contribution is -2.28. The lowest BCUT2D eigenvalue weighted by atomic mass is 9.70. The Kier molecular flexibility index (Phi) is 9.26. The van der Waals surface area contributed by atoms with E-state index in [9.17, 15) is 0 Å². The second-order valence-electron chi connectivity index (χ2n) is 21.1. The molecule has 0 saturated heterocycles. The van der Waals surface area contributed by atoms with Crippen molar-refractivity contribution in [2.45, 2.75) is 5.41 Å². The van der Waals surface area contributed by atoms with Gasteiger partial charge in [-0.25, -0.2) is 0 Å². The molecule has 0 N–H and O–H groups in total. The van der Waals surface area contributed by atoms with E-state index in [4.69, 9.17) is 0 Å². The molecule has 18 rings (SSSR count). The van der Waals surface area contributed by atoms with E-state index in [2.05, 4.69) is 265 Å². The van der Waals surface area contributed by atoms with Gasteiger partial charge in [0.2, 0.25) is 0 Å². The van der Waals surface area contributed by atoms with E-state index in [-0.39, 0.29) is 0 Å². The zero-order valence-corrected chi connectivity index (χ0v) is 45.5. The van der Waals surface area contributed by atoms with Crippen molar-refractivity contribution in [2.24, 2.45) is 0 Å². The van der Waals surface area contributed by atoms with E-state index >= 15 is 0 Å². The van der Waals surface area contributed by atoms with E-state index in [1.54, 1.807) is 0 Å². The number of benzene rings is 12. The summed E-state index contributed by atoms with van der Waals surface area (Å²) < 4.78 is 10.3. The zero-order chi connectivity index (χ0) is 51.5. The molecule has 2 aliphatic rings. The van der Waals surface area contributed by atoms with Gasteiger partial charge in [-0.05, 0) is 124 Å². The number of hydrogen-bond acceptors (Lipinski definition) is 6. The standard InChI is InChI=1S/C73H42N2S4/c1-8-22-60-48(15-1)49-16-2-9-23-61(49)73(60)62-24-10-3-17-50(62)59-37-47(74(43-29-33-55-51-18-4-11-25-64(51)76-68(55)39-43)44-30-34-56-52-19-5-12-26-65(52)77-69(56)40-44)38-63(72(59)73)75(45-31-35-57-53-20-6-13-27-66(53)78-70(57)41-45)46-32-36-58-54-21-7-14-28-67(54)79-71(58)42-46/h1-42H. The van der Waals surface area contributed by atoms with Crippen LogP contribution in [0.15, 0.2) is 255 Å². The molecule has 0 aliphatic heterocycles. The normalized spacial score (nSPS) is 13.2. The van der Waals surface area contributed by atoms with Crippen LogP contribution in [0.2, 0.25) is 0 Å². The molecule has 2 nitrogen and oxygen atoms in total. The van der Waals surface area contributed by atoms with Crippen LogP contribution in [0.25, 0.3) is 103 Å². The number of nitrogens with zero attached hydrogens (tertiary/aromatic N) is 2. The number of fused-ring (bicyclic) bond motifs is 22. The predicted molar refractivity (Wildman–Crippen MR) is 344 cm³/mol. The van der Waals surface area contributed by atoms with Gasteiger partial charge in [0.05, 0.1) is 11.1 Å². The predicted octanol–water partition coefficient (Wildman–Crippen LogP) is 22.4. The summed E-state index contributed by atoms with van der Waals surface area (Å²) in [6, 6.07) is 96.9. The second kappa shape index (κ2) is 16.6. The molecule has 0 radical (unpaired) electrons. The van der Waals surface area contributed by atoms with Crippen molar-refractivity contribution in [3.8, 4) is 22.3 Å². The van der Waals surface area contributed by atoms with E-state index in [0.29, 0.717) is 0 Å². The molecule has 1 spiro atoms. The van der Waals surface area contributed by atoms with E-state index in [0.717, 1.165) is 34.1 Å². The van der Waals surface area contributed by atoms with Gasteiger partial charge in [0, 0.05) is 115 Å². The van der Waals surface area contributed by atoms with Gasteiger partial charge in [0.1, 0.15) is 0 Å². The van der Waals surface area contributed by atoms with E-state index in [1.807, 2.05) is 45.3 Å². The smallest absolute Gasteiger partial charge is 0.0746 e. The molecule has 0 fully saturated rings. The fourth-order valence-electron chi connectivity index (χ4n) is 13.8. The van der Waals surface area contributed by atoms with Crippen LogP contribution in [0, 0.1) is 0 Å². The minimum Gasteiger partial charge on any atom is -0.310 e. The molecule has 0 bridgehead atoms. The first-order valence-corrected chi connectivity index (χ1v) is 30.1. The van der Waals surface area contributed by atoms with Crippen LogP contribution in [0.4, 0.5) is 34.1 Å². The highest BCUT2D eigenvalue weighted by atomic mass is 32.1. The molecule has 0 unspecified atom stereocenters. The van der Waals surface area contributed by atoms with Gasteiger partial charge in [-0.15, -0.1) is 45.3 Å². The molecule has 12 aromatic carbocycles. The summed E-state index contributed by atoms with van der Waals surface area (Å²) in [5.74, 6) is 0. The Hall–Kier alpha value is -8.88. The molecular weight excluding hydrogens is 1030 g/mol. The largest absolute Gasteiger partial charge is 0.310 e. The molecular formula is C73H42N2S4. The van der Waals surface area contributed by atoms with Gasteiger partial charge in [0.15, 0.2) is 0 Å². The third kappa shape index (κ3) is 6.20. The van der Waals surface area contributed by atoms with Crippen molar-refractivity contribution < 1.29 is 0 Å². The summed E-state index contributed by atoms with van der Waals surface area (Å²) in [4.78, 5) is 5.17. The lowest BCUT2D eigenvalue weighted by Gasteiger charge is -2.37. The van der Waals surface area contributed by atoms with Crippen LogP contribution in [0.1, 0.15) is 22.3 Å². The van der Waals surface area contributed by atoms with Gasteiger partial charge in [-0.3, -0.25) is 0 Å². The average Bonchev–Trinajstić information content (AvgIpc) is 2.74. The van der Waals surface area contributed by atoms with Gasteiger partial charge in [0.25, 0.3) is 0 Å². The third-order valence-corrected chi connectivity index (χ3v) is 21.6. The molecule has 79 heavy (non-hydrogen) atoms. The lowest BCUT2D eigenvalue weighted by molar-refractivity contribution is 0.793. The van der Waals surface area contributed by atoms with Crippen LogP contribution in [-0.2, 0) is 5.41 Å². The maximum Gasteiger partial charge on any atom is 0.0746 e. The second-order valence-corrected chi connectivity index (χ2v) is 25.4. The SMILES string of the molecule is c1ccc2c(c1)-c1ccccc1C21c2ccccc2-c2cc(N(c3ccc4c(c3)sc3ccccc34)c3ccc4c(c3)sc3ccccc34)cc(N(c3ccc4c(c3)sc3ccccc34)c3ccc4c(c3)sc3ccccc34)c21. The first-order chi connectivity index (χ1) is 39.1. The highest BCUT2D eigenvalue weighted by molar-refractivity contribution is 7.27. The molecule has 4 heterocycles. The highest BCUT2D eigenvalue weighted by Gasteiger charge is 2.53. The Bertz CT molecular complexity index is 4990. The van der Waals surface area contributed by atoms with Crippen molar-refractivity contribution in [2.75, 3.05) is 9.80 Å². The number of hydrogen-bond donors (Lipinski definition) is 0. The Balaban J connectivity index is 0.989.